The third-order valence-electron chi connectivity index (χ3n) is 1.51. The minimum Gasteiger partial charge on any atom is -0.454 e. The molecule has 0 fully saturated rings. The topological polar surface area (TPSA) is 98.5 Å². The molecule has 0 atom stereocenters. The van der Waals surface area contributed by atoms with Gasteiger partial charge in [-0.2, -0.15) is 0 Å². The Kier molecular flexibility index (Phi) is 4.46. The second-order valence-corrected chi connectivity index (χ2v) is 3.73. The Balaban J connectivity index is 2.27. The number of carbonyl (C=O) groups is 3. The number of hydrogen-bond donors (Lipinski definition) is 2. The quantitative estimate of drug-likeness (QED) is 0.680. The molecule has 0 aliphatic rings. The number of thiophene rings is 1. The molecule has 0 aromatic carbocycles. The van der Waals surface area contributed by atoms with Gasteiger partial charge in [-0.05, 0) is 11.4 Å². The van der Waals surface area contributed by atoms with Crippen molar-refractivity contribution in [3.63, 3.8) is 0 Å². The number of nitrogens with one attached hydrogen (secondary N) is 1. The zero-order valence-corrected chi connectivity index (χ0v) is 9.08. The molecule has 0 saturated heterocycles. The molecule has 6 nitrogen and oxygen atoms in total. The van der Waals surface area contributed by atoms with E-state index < -0.39 is 18.5 Å². The average molecular weight is 242 g/mol. The lowest BCUT2D eigenvalue weighted by molar-refractivity contribution is -0.146. The van der Waals surface area contributed by atoms with Gasteiger partial charge in [0.05, 0.1) is 4.88 Å². The third kappa shape index (κ3) is 4.09. The van der Waals surface area contributed by atoms with E-state index in [1.807, 2.05) is 0 Å². The standard InChI is InChI=1S/C9H10N2O4S/c10-7(12)5-15-8(13)4-11-9(14)6-2-1-3-16-6/h1-3H,4-5H2,(H2,10,12)(H,11,14). The Morgan fingerprint density at radius 1 is 1.44 bits per heavy atom. The fraction of sp³-hybridized carbons (Fsp3) is 0.222. The van der Waals surface area contributed by atoms with Crippen LogP contribution < -0.4 is 11.1 Å². The summed E-state index contributed by atoms with van der Waals surface area (Å²) in [4.78, 5) is 33.1. The van der Waals surface area contributed by atoms with E-state index in [0.717, 1.165) is 0 Å². The summed E-state index contributed by atoms with van der Waals surface area (Å²) in [6, 6.07) is 3.36. The molecule has 0 radical (unpaired) electrons. The summed E-state index contributed by atoms with van der Waals surface area (Å²) in [7, 11) is 0. The summed E-state index contributed by atoms with van der Waals surface area (Å²) in [6.07, 6.45) is 0. The Hall–Kier alpha value is -1.89. The maximum Gasteiger partial charge on any atom is 0.325 e. The fourth-order valence-electron chi connectivity index (χ4n) is 0.850. The van der Waals surface area contributed by atoms with Crippen molar-refractivity contribution >= 4 is 29.1 Å². The van der Waals surface area contributed by atoms with Gasteiger partial charge in [-0.25, -0.2) is 0 Å². The SMILES string of the molecule is NC(=O)COC(=O)CNC(=O)c1cccs1. The number of primary amides is 1. The monoisotopic (exact) mass is 242 g/mol. The Bertz CT molecular complexity index is 388. The zero-order valence-electron chi connectivity index (χ0n) is 8.26. The predicted molar refractivity (Wildman–Crippen MR) is 56.8 cm³/mol. The molecular formula is C9H10N2O4S. The van der Waals surface area contributed by atoms with Crippen LogP contribution in [0.1, 0.15) is 9.67 Å². The first-order valence-electron chi connectivity index (χ1n) is 4.35. The molecule has 0 aliphatic heterocycles. The van der Waals surface area contributed by atoms with Gasteiger partial charge < -0.3 is 15.8 Å². The van der Waals surface area contributed by atoms with Gasteiger partial charge in [0.1, 0.15) is 6.54 Å². The van der Waals surface area contributed by atoms with Gasteiger partial charge >= 0.3 is 5.97 Å². The second-order valence-electron chi connectivity index (χ2n) is 2.79. The summed E-state index contributed by atoms with van der Waals surface area (Å²) >= 11 is 1.26. The first kappa shape index (κ1) is 12.2. The average Bonchev–Trinajstić information content (AvgIpc) is 2.76. The molecule has 1 heterocycles. The largest absolute Gasteiger partial charge is 0.454 e. The van der Waals surface area contributed by atoms with Crippen molar-refractivity contribution in [3.05, 3.63) is 22.4 Å². The van der Waals surface area contributed by atoms with Gasteiger partial charge in [-0.15, -0.1) is 11.3 Å². The minimum absolute atomic E-state index is 0.288. The van der Waals surface area contributed by atoms with E-state index in [1.165, 1.54) is 11.3 Å². The molecular weight excluding hydrogens is 232 g/mol. The van der Waals surface area contributed by atoms with Crippen molar-refractivity contribution in [1.82, 2.24) is 5.32 Å². The summed E-state index contributed by atoms with van der Waals surface area (Å²) in [5.74, 6) is -1.80. The first-order chi connectivity index (χ1) is 7.59. The third-order valence-corrected chi connectivity index (χ3v) is 2.38. The van der Waals surface area contributed by atoms with Crippen LogP contribution in [0.3, 0.4) is 0 Å². The van der Waals surface area contributed by atoms with E-state index in [-0.39, 0.29) is 12.5 Å². The lowest BCUT2D eigenvalue weighted by Gasteiger charge is -2.03. The van der Waals surface area contributed by atoms with Crippen LogP contribution in [-0.4, -0.2) is 30.9 Å². The van der Waals surface area contributed by atoms with Crippen LogP contribution in [-0.2, 0) is 14.3 Å². The molecule has 0 unspecified atom stereocenters. The van der Waals surface area contributed by atoms with Gasteiger partial charge in [-0.1, -0.05) is 6.07 Å². The lowest BCUT2D eigenvalue weighted by atomic mass is 10.4. The van der Waals surface area contributed by atoms with E-state index in [4.69, 9.17) is 5.73 Å². The number of carbonyl (C=O) groups excluding carboxylic acids is 3. The molecule has 0 bridgehead atoms. The van der Waals surface area contributed by atoms with Crippen LogP contribution in [0.25, 0.3) is 0 Å². The number of hydrogen-bond acceptors (Lipinski definition) is 5. The van der Waals surface area contributed by atoms with E-state index in [0.29, 0.717) is 4.88 Å². The highest BCUT2D eigenvalue weighted by Crippen LogP contribution is 2.07. The minimum atomic E-state index is -0.738. The van der Waals surface area contributed by atoms with Gasteiger partial charge in [-0.3, -0.25) is 14.4 Å². The van der Waals surface area contributed by atoms with Crippen LogP contribution in [0.4, 0.5) is 0 Å². The van der Waals surface area contributed by atoms with Gasteiger partial charge in [0.15, 0.2) is 6.61 Å². The summed E-state index contributed by atoms with van der Waals surface area (Å²) in [5.41, 5.74) is 4.77. The molecule has 0 aliphatic carbocycles. The molecule has 7 heteroatoms. The molecule has 1 rings (SSSR count). The van der Waals surface area contributed by atoms with Crippen LogP contribution >= 0.6 is 11.3 Å². The smallest absolute Gasteiger partial charge is 0.325 e. The van der Waals surface area contributed by atoms with Crippen molar-refractivity contribution in [1.29, 1.82) is 0 Å². The number of amides is 2. The molecule has 3 N–H and O–H groups in total. The van der Waals surface area contributed by atoms with Crippen molar-refractivity contribution in [3.8, 4) is 0 Å². The zero-order chi connectivity index (χ0) is 12.0. The maximum absolute atomic E-state index is 11.3. The van der Waals surface area contributed by atoms with Gasteiger partial charge in [0.25, 0.3) is 11.8 Å². The fourth-order valence-corrected chi connectivity index (χ4v) is 1.49. The number of esters is 1. The number of nitrogens with two attached hydrogens (primary N) is 1. The molecule has 16 heavy (non-hydrogen) atoms. The summed E-state index contributed by atoms with van der Waals surface area (Å²) < 4.78 is 4.45. The Morgan fingerprint density at radius 2 is 2.19 bits per heavy atom. The predicted octanol–water partition coefficient (Wildman–Crippen LogP) is -0.494. The maximum atomic E-state index is 11.3. The van der Waals surface area contributed by atoms with Gasteiger partial charge in [0.2, 0.25) is 0 Å². The Labute approximate surface area is 95.4 Å². The van der Waals surface area contributed by atoms with Crippen molar-refractivity contribution < 1.29 is 19.1 Å². The first-order valence-corrected chi connectivity index (χ1v) is 5.23. The van der Waals surface area contributed by atoms with E-state index in [2.05, 4.69) is 10.1 Å². The highest BCUT2D eigenvalue weighted by Gasteiger charge is 2.09. The van der Waals surface area contributed by atoms with Crippen molar-refractivity contribution in [2.45, 2.75) is 0 Å². The highest BCUT2D eigenvalue weighted by atomic mass is 32.1. The van der Waals surface area contributed by atoms with E-state index in [9.17, 15) is 14.4 Å². The highest BCUT2D eigenvalue weighted by molar-refractivity contribution is 7.12. The number of rotatable bonds is 5. The van der Waals surface area contributed by atoms with E-state index in [1.54, 1.807) is 17.5 Å². The lowest BCUT2D eigenvalue weighted by Crippen LogP contribution is -2.31. The van der Waals surface area contributed by atoms with Crippen molar-refractivity contribution in [2.75, 3.05) is 13.2 Å². The molecule has 2 amide bonds. The summed E-state index contributed by atoms with van der Waals surface area (Å²) in [5, 5.41) is 4.10. The normalized spacial score (nSPS) is 9.50. The van der Waals surface area contributed by atoms with Crippen LogP contribution in [0.2, 0.25) is 0 Å². The van der Waals surface area contributed by atoms with Crippen LogP contribution in [0.15, 0.2) is 17.5 Å². The number of ether oxygens (including phenoxy) is 1. The molecule has 1 aromatic heterocycles. The summed E-state index contributed by atoms with van der Waals surface area (Å²) in [6.45, 7) is -0.766. The second kappa shape index (κ2) is 5.86. The van der Waals surface area contributed by atoms with Crippen LogP contribution in [0, 0.1) is 0 Å². The molecule has 1 aromatic rings. The molecule has 0 spiro atoms. The van der Waals surface area contributed by atoms with E-state index >= 15 is 0 Å². The van der Waals surface area contributed by atoms with Crippen molar-refractivity contribution in [2.24, 2.45) is 5.73 Å². The molecule has 86 valence electrons. The molecule has 0 saturated carbocycles. The Morgan fingerprint density at radius 3 is 2.75 bits per heavy atom. The van der Waals surface area contributed by atoms with Crippen LogP contribution in [0.5, 0.6) is 0 Å². The van der Waals surface area contributed by atoms with Gasteiger partial charge in [0, 0.05) is 0 Å².